The molecule has 2 saturated heterocycles. The predicted molar refractivity (Wildman–Crippen MR) is 103 cm³/mol. The number of para-hydroxylation sites is 1. The summed E-state index contributed by atoms with van der Waals surface area (Å²) in [5.74, 6) is 0.462. The Balaban J connectivity index is 1.74. The molecule has 0 aliphatic carbocycles. The lowest BCUT2D eigenvalue weighted by Gasteiger charge is -2.40. The van der Waals surface area contributed by atoms with Gasteiger partial charge in [0, 0.05) is 12.2 Å². The van der Waals surface area contributed by atoms with Crippen molar-refractivity contribution in [1.82, 2.24) is 15.5 Å². The maximum Gasteiger partial charge on any atom is 0.250 e. The van der Waals surface area contributed by atoms with E-state index in [9.17, 15) is 9.59 Å². The van der Waals surface area contributed by atoms with E-state index < -0.39 is 5.54 Å². The average molecular weight is 358 g/mol. The molecule has 2 N–H and O–H groups in total. The highest BCUT2D eigenvalue weighted by molar-refractivity contribution is 5.96. The van der Waals surface area contributed by atoms with Gasteiger partial charge in [-0.3, -0.25) is 9.59 Å². The van der Waals surface area contributed by atoms with Crippen LogP contribution in [0.2, 0.25) is 0 Å². The van der Waals surface area contributed by atoms with Crippen molar-refractivity contribution in [3.8, 4) is 0 Å². The molecule has 2 heterocycles. The van der Waals surface area contributed by atoms with Gasteiger partial charge in [0.2, 0.25) is 11.8 Å². The summed E-state index contributed by atoms with van der Waals surface area (Å²) in [6, 6.07) is 10.1. The Morgan fingerprint density at radius 1 is 1.27 bits per heavy atom. The van der Waals surface area contributed by atoms with Crippen molar-refractivity contribution in [3.05, 3.63) is 30.3 Å². The second-order valence-electron chi connectivity index (χ2n) is 7.51. The summed E-state index contributed by atoms with van der Waals surface area (Å²) in [7, 11) is 0. The lowest BCUT2D eigenvalue weighted by atomic mass is 9.86. The molecule has 2 amide bonds. The number of carbonyl (C=O) groups excluding carboxylic acids is 2. The number of hydrogen-bond donors (Lipinski definition) is 2. The molecule has 1 atom stereocenters. The van der Waals surface area contributed by atoms with E-state index in [0.29, 0.717) is 19.1 Å². The van der Waals surface area contributed by atoms with Gasteiger partial charge in [0.25, 0.3) is 0 Å². The minimum atomic E-state index is -0.524. The number of nitrogens with zero attached hydrogens (tertiary/aromatic N) is 2. The van der Waals surface area contributed by atoms with Crippen LogP contribution < -0.4 is 15.5 Å². The zero-order valence-corrected chi connectivity index (χ0v) is 15.8. The minimum Gasteiger partial charge on any atom is -0.354 e. The summed E-state index contributed by atoms with van der Waals surface area (Å²) in [6.45, 7) is 7.14. The zero-order chi connectivity index (χ0) is 18.6. The van der Waals surface area contributed by atoms with Gasteiger partial charge in [-0.25, -0.2) is 0 Å². The number of rotatable bonds is 6. The predicted octanol–water partition coefficient (Wildman–Crippen LogP) is 1.58. The van der Waals surface area contributed by atoms with Crippen molar-refractivity contribution in [2.75, 3.05) is 37.7 Å². The van der Waals surface area contributed by atoms with Crippen molar-refractivity contribution in [1.29, 1.82) is 0 Å². The molecule has 2 aliphatic heterocycles. The summed E-state index contributed by atoms with van der Waals surface area (Å²) in [6.07, 6.45) is 2.57. The number of amides is 2. The van der Waals surface area contributed by atoms with Crippen LogP contribution in [0.15, 0.2) is 30.3 Å². The molecule has 1 spiro atoms. The number of benzene rings is 1. The summed E-state index contributed by atoms with van der Waals surface area (Å²) in [5.41, 5.74) is 0.522. The van der Waals surface area contributed by atoms with Crippen LogP contribution in [-0.2, 0) is 9.59 Å². The quantitative estimate of drug-likeness (QED) is 0.810. The van der Waals surface area contributed by atoms with Crippen LogP contribution in [0.25, 0.3) is 0 Å². The maximum absolute atomic E-state index is 13.3. The van der Waals surface area contributed by atoms with Crippen LogP contribution in [0.4, 0.5) is 5.69 Å². The van der Waals surface area contributed by atoms with Crippen LogP contribution in [0, 0.1) is 5.92 Å². The fourth-order valence-corrected chi connectivity index (χ4v) is 3.82. The Morgan fingerprint density at radius 2 is 1.96 bits per heavy atom. The Morgan fingerprint density at radius 3 is 2.62 bits per heavy atom. The summed E-state index contributed by atoms with van der Waals surface area (Å²) < 4.78 is 0. The number of hydrogen-bond acceptors (Lipinski definition) is 4. The van der Waals surface area contributed by atoms with E-state index in [1.165, 1.54) is 0 Å². The second kappa shape index (κ2) is 8.08. The molecule has 6 heteroatoms. The molecule has 1 unspecified atom stereocenters. The van der Waals surface area contributed by atoms with Gasteiger partial charge in [0.05, 0.1) is 6.67 Å². The molecule has 142 valence electrons. The monoisotopic (exact) mass is 358 g/mol. The first kappa shape index (κ1) is 18.7. The van der Waals surface area contributed by atoms with E-state index in [2.05, 4.69) is 29.4 Å². The molecule has 1 aromatic carbocycles. The van der Waals surface area contributed by atoms with Crippen molar-refractivity contribution in [2.45, 2.75) is 38.6 Å². The van der Waals surface area contributed by atoms with E-state index in [1.54, 1.807) is 4.90 Å². The lowest BCUT2D eigenvalue weighted by Crippen LogP contribution is -2.55. The average Bonchev–Trinajstić information content (AvgIpc) is 2.93. The SMILES string of the molecule is CCC(C)CNC(=O)CN1CN(c2ccccc2)C2(CCNCC2)C1=O. The first-order valence-corrected chi connectivity index (χ1v) is 9.66. The van der Waals surface area contributed by atoms with E-state index >= 15 is 0 Å². The highest BCUT2D eigenvalue weighted by atomic mass is 16.2. The van der Waals surface area contributed by atoms with Crippen molar-refractivity contribution in [2.24, 2.45) is 5.92 Å². The van der Waals surface area contributed by atoms with Gasteiger partial charge >= 0.3 is 0 Å². The molecule has 1 aromatic rings. The Labute approximate surface area is 155 Å². The van der Waals surface area contributed by atoms with E-state index in [1.807, 2.05) is 30.3 Å². The summed E-state index contributed by atoms with van der Waals surface area (Å²) in [5, 5.41) is 6.31. The van der Waals surface area contributed by atoms with Gasteiger partial charge in [-0.1, -0.05) is 38.5 Å². The van der Waals surface area contributed by atoms with Crippen molar-refractivity contribution >= 4 is 17.5 Å². The first-order chi connectivity index (χ1) is 12.6. The van der Waals surface area contributed by atoms with Gasteiger partial charge < -0.3 is 20.4 Å². The highest BCUT2D eigenvalue weighted by Crippen LogP contribution is 2.37. The van der Waals surface area contributed by atoms with Gasteiger partial charge in [-0.15, -0.1) is 0 Å². The normalized spacial score (nSPS) is 20.5. The summed E-state index contributed by atoms with van der Waals surface area (Å²) >= 11 is 0. The van der Waals surface area contributed by atoms with Crippen molar-refractivity contribution in [3.63, 3.8) is 0 Å². The Bertz CT molecular complexity index is 628. The number of carbonyl (C=O) groups is 2. The third-order valence-electron chi connectivity index (χ3n) is 5.69. The third kappa shape index (κ3) is 3.70. The van der Waals surface area contributed by atoms with Crippen LogP contribution in [0.5, 0.6) is 0 Å². The fourth-order valence-electron chi connectivity index (χ4n) is 3.82. The third-order valence-corrected chi connectivity index (χ3v) is 5.69. The van der Waals surface area contributed by atoms with Crippen LogP contribution in [0.1, 0.15) is 33.1 Å². The van der Waals surface area contributed by atoms with Crippen LogP contribution >= 0.6 is 0 Å². The van der Waals surface area contributed by atoms with Gasteiger partial charge in [-0.2, -0.15) is 0 Å². The number of piperidine rings is 1. The second-order valence-corrected chi connectivity index (χ2v) is 7.51. The molecule has 26 heavy (non-hydrogen) atoms. The van der Waals surface area contributed by atoms with Gasteiger partial charge in [0.15, 0.2) is 0 Å². The molecular formula is C20H30N4O2. The smallest absolute Gasteiger partial charge is 0.250 e. The van der Waals surface area contributed by atoms with Crippen molar-refractivity contribution < 1.29 is 9.59 Å². The maximum atomic E-state index is 13.3. The van der Waals surface area contributed by atoms with E-state index in [-0.39, 0.29) is 18.4 Å². The topological polar surface area (TPSA) is 64.7 Å². The molecular weight excluding hydrogens is 328 g/mol. The number of anilines is 1. The van der Waals surface area contributed by atoms with Gasteiger partial charge in [0.1, 0.15) is 12.1 Å². The largest absolute Gasteiger partial charge is 0.354 e. The Hall–Kier alpha value is -2.08. The highest BCUT2D eigenvalue weighted by Gasteiger charge is 2.52. The van der Waals surface area contributed by atoms with Crippen LogP contribution in [-0.4, -0.2) is 55.1 Å². The Kier molecular flexibility index (Phi) is 5.81. The fraction of sp³-hybridized carbons (Fsp3) is 0.600. The van der Waals surface area contributed by atoms with E-state index in [0.717, 1.165) is 38.0 Å². The first-order valence-electron chi connectivity index (χ1n) is 9.66. The standard InChI is InChI=1S/C20H30N4O2/c1-3-16(2)13-22-18(25)14-23-15-24(17-7-5-4-6-8-17)20(19(23)26)9-11-21-12-10-20/h4-8,16,21H,3,9-15H2,1-2H3,(H,22,25). The lowest BCUT2D eigenvalue weighted by molar-refractivity contribution is -0.136. The molecule has 3 rings (SSSR count). The molecule has 2 aliphatic rings. The van der Waals surface area contributed by atoms with Crippen LogP contribution in [0.3, 0.4) is 0 Å². The van der Waals surface area contributed by atoms with E-state index in [4.69, 9.17) is 0 Å². The summed E-state index contributed by atoms with van der Waals surface area (Å²) in [4.78, 5) is 29.5. The molecule has 0 aromatic heterocycles. The van der Waals surface area contributed by atoms with Gasteiger partial charge in [-0.05, 0) is 44.0 Å². The zero-order valence-electron chi connectivity index (χ0n) is 15.8. The number of nitrogens with one attached hydrogen (secondary N) is 2. The molecule has 0 saturated carbocycles. The molecule has 6 nitrogen and oxygen atoms in total. The molecule has 0 bridgehead atoms. The molecule has 2 fully saturated rings. The molecule has 0 radical (unpaired) electrons. The minimum absolute atomic E-state index is 0.0716.